The van der Waals surface area contributed by atoms with Gasteiger partial charge in [0.15, 0.2) is 11.5 Å². The first-order valence-corrected chi connectivity index (χ1v) is 9.60. The molecular formula is C21H30N2O3. The van der Waals surface area contributed by atoms with Crippen molar-refractivity contribution >= 4 is 5.91 Å². The topological polar surface area (TPSA) is 62.6 Å². The van der Waals surface area contributed by atoms with E-state index in [-0.39, 0.29) is 5.91 Å². The molecule has 1 saturated carbocycles. The third-order valence-electron chi connectivity index (χ3n) is 4.92. The molecule has 0 spiro atoms. The highest BCUT2D eigenvalue weighted by Crippen LogP contribution is 2.39. The van der Waals surface area contributed by atoms with Gasteiger partial charge in [-0.1, -0.05) is 32.8 Å². The van der Waals surface area contributed by atoms with Crippen LogP contribution in [0, 0.1) is 16.7 Å². The van der Waals surface area contributed by atoms with E-state index >= 15 is 0 Å². The lowest BCUT2D eigenvalue weighted by molar-refractivity contribution is -0.139. The van der Waals surface area contributed by atoms with Gasteiger partial charge in [0.05, 0.1) is 19.8 Å². The Balaban J connectivity index is 2.19. The van der Waals surface area contributed by atoms with Crippen LogP contribution in [0.3, 0.4) is 0 Å². The summed E-state index contributed by atoms with van der Waals surface area (Å²) < 4.78 is 11.1. The molecule has 1 fully saturated rings. The Hall–Kier alpha value is -2.22. The Kier molecular flexibility index (Phi) is 7.32. The number of benzene rings is 1. The predicted molar refractivity (Wildman–Crippen MR) is 101 cm³/mol. The highest BCUT2D eigenvalue weighted by molar-refractivity contribution is 5.85. The van der Waals surface area contributed by atoms with E-state index < -0.39 is 5.41 Å². The molecule has 1 aromatic rings. The van der Waals surface area contributed by atoms with E-state index in [9.17, 15) is 10.1 Å². The Morgan fingerprint density at radius 1 is 1.23 bits per heavy atom. The molecule has 0 aromatic heterocycles. The van der Waals surface area contributed by atoms with Gasteiger partial charge in [0.2, 0.25) is 5.91 Å². The largest absolute Gasteiger partial charge is 0.493 e. The minimum absolute atomic E-state index is 0.0235. The summed E-state index contributed by atoms with van der Waals surface area (Å²) in [6.45, 7) is 5.89. The fourth-order valence-corrected chi connectivity index (χ4v) is 3.54. The first-order chi connectivity index (χ1) is 12.6. The summed E-state index contributed by atoms with van der Waals surface area (Å²) in [6.07, 6.45) is 5.06. The van der Waals surface area contributed by atoms with E-state index in [1.54, 1.807) is 7.11 Å². The van der Waals surface area contributed by atoms with Gasteiger partial charge in [-0.05, 0) is 43.4 Å². The molecule has 5 heteroatoms. The lowest BCUT2D eigenvalue weighted by Gasteiger charge is -2.30. The third kappa shape index (κ3) is 4.49. The number of nitriles is 1. The summed E-state index contributed by atoms with van der Waals surface area (Å²) in [6, 6.07) is 8.11. The molecule has 0 atom stereocenters. The van der Waals surface area contributed by atoms with Gasteiger partial charge in [0, 0.05) is 13.1 Å². The minimum Gasteiger partial charge on any atom is -0.493 e. The molecule has 5 nitrogen and oxygen atoms in total. The molecular weight excluding hydrogens is 328 g/mol. The van der Waals surface area contributed by atoms with Gasteiger partial charge in [-0.25, -0.2) is 0 Å². The quantitative estimate of drug-likeness (QED) is 0.660. The van der Waals surface area contributed by atoms with Crippen LogP contribution in [0.25, 0.3) is 0 Å². The van der Waals surface area contributed by atoms with Gasteiger partial charge in [-0.3, -0.25) is 4.79 Å². The van der Waals surface area contributed by atoms with Crippen molar-refractivity contribution in [2.75, 3.05) is 20.3 Å². The molecule has 0 unspecified atom stereocenters. The molecule has 0 heterocycles. The highest BCUT2D eigenvalue weighted by Gasteiger charge is 2.43. The molecule has 0 saturated heterocycles. The fraction of sp³-hybridized carbons (Fsp3) is 0.619. The Morgan fingerprint density at radius 3 is 2.54 bits per heavy atom. The second-order valence-corrected chi connectivity index (χ2v) is 6.96. The zero-order chi connectivity index (χ0) is 19.0. The summed E-state index contributed by atoms with van der Waals surface area (Å²) in [5.74, 6) is 1.37. The molecule has 26 heavy (non-hydrogen) atoms. The summed E-state index contributed by atoms with van der Waals surface area (Å²) in [5.41, 5.74) is 0.155. The summed E-state index contributed by atoms with van der Waals surface area (Å²) in [5, 5.41) is 9.64. The number of nitrogens with zero attached hydrogens (tertiary/aromatic N) is 2. The monoisotopic (exact) mass is 358 g/mol. The van der Waals surface area contributed by atoms with Gasteiger partial charge >= 0.3 is 0 Å². The molecule has 1 aliphatic rings. The van der Waals surface area contributed by atoms with Crippen LogP contribution in [0.2, 0.25) is 0 Å². The zero-order valence-electron chi connectivity index (χ0n) is 16.2. The van der Waals surface area contributed by atoms with Crippen molar-refractivity contribution in [2.24, 2.45) is 5.41 Å². The van der Waals surface area contributed by atoms with Gasteiger partial charge < -0.3 is 14.4 Å². The lowest BCUT2D eigenvalue weighted by Crippen LogP contribution is -2.42. The highest BCUT2D eigenvalue weighted by atomic mass is 16.5. The van der Waals surface area contributed by atoms with Crippen LogP contribution in [-0.2, 0) is 11.3 Å². The van der Waals surface area contributed by atoms with Crippen molar-refractivity contribution in [2.45, 2.75) is 58.9 Å². The number of rotatable bonds is 9. The van der Waals surface area contributed by atoms with Crippen LogP contribution in [0.5, 0.6) is 11.5 Å². The maximum Gasteiger partial charge on any atom is 0.243 e. The number of methoxy groups -OCH3 is 1. The van der Waals surface area contributed by atoms with E-state index in [1.165, 1.54) is 0 Å². The molecule has 0 bridgehead atoms. The Labute approximate surface area is 156 Å². The van der Waals surface area contributed by atoms with E-state index in [2.05, 4.69) is 19.9 Å². The standard InChI is InChI=1S/C21H30N2O3/c1-4-12-23(20(24)21(16-22)10-6-7-11-21)15-17-8-9-18(26-13-5-2)19(14-17)25-3/h8-9,14H,4-7,10-13,15H2,1-3H3. The van der Waals surface area contributed by atoms with Crippen LogP contribution >= 0.6 is 0 Å². The lowest BCUT2D eigenvalue weighted by atomic mass is 9.86. The molecule has 142 valence electrons. The number of carbonyl (C=O) groups is 1. The fourth-order valence-electron chi connectivity index (χ4n) is 3.54. The van der Waals surface area contributed by atoms with Crippen molar-refractivity contribution in [1.82, 2.24) is 4.90 Å². The third-order valence-corrected chi connectivity index (χ3v) is 4.92. The second-order valence-electron chi connectivity index (χ2n) is 6.96. The van der Waals surface area contributed by atoms with Crippen LogP contribution < -0.4 is 9.47 Å². The van der Waals surface area contributed by atoms with Crippen molar-refractivity contribution < 1.29 is 14.3 Å². The van der Waals surface area contributed by atoms with E-state index in [0.717, 1.165) is 37.0 Å². The van der Waals surface area contributed by atoms with Gasteiger partial charge in [-0.15, -0.1) is 0 Å². The first kappa shape index (κ1) is 20.1. The number of hydrogen-bond acceptors (Lipinski definition) is 4. The molecule has 2 rings (SSSR count). The van der Waals surface area contributed by atoms with E-state index in [4.69, 9.17) is 9.47 Å². The van der Waals surface area contributed by atoms with Crippen LogP contribution in [0.1, 0.15) is 57.9 Å². The smallest absolute Gasteiger partial charge is 0.243 e. The van der Waals surface area contributed by atoms with Crippen molar-refractivity contribution in [3.05, 3.63) is 23.8 Å². The molecule has 1 aliphatic carbocycles. The van der Waals surface area contributed by atoms with Gasteiger partial charge in [0.25, 0.3) is 0 Å². The second kappa shape index (κ2) is 9.47. The van der Waals surface area contributed by atoms with E-state index in [0.29, 0.717) is 38.3 Å². The zero-order valence-corrected chi connectivity index (χ0v) is 16.2. The molecule has 0 N–H and O–H groups in total. The number of amides is 1. The summed E-state index contributed by atoms with van der Waals surface area (Å²) in [7, 11) is 1.62. The van der Waals surface area contributed by atoms with Crippen LogP contribution in [0.4, 0.5) is 0 Å². The molecule has 1 amide bonds. The normalized spacial score (nSPS) is 15.3. The van der Waals surface area contributed by atoms with Crippen molar-refractivity contribution in [3.63, 3.8) is 0 Å². The number of hydrogen-bond donors (Lipinski definition) is 0. The van der Waals surface area contributed by atoms with Crippen LogP contribution in [0.15, 0.2) is 18.2 Å². The van der Waals surface area contributed by atoms with Gasteiger partial charge in [-0.2, -0.15) is 5.26 Å². The number of ether oxygens (including phenoxy) is 2. The summed E-state index contributed by atoms with van der Waals surface area (Å²) in [4.78, 5) is 14.9. The Morgan fingerprint density at radius 2 is 1.96 bits per heavy atom. The maximum absolute atomic E-state index is 13.1. The average molecular weight is 358 g/mol. The number of carbonyl (C=O) groups excluding carboxylic acids is 1. The van der Waals surface area contributed by atoms with Crippen molar-refractivity contribution in [3.8, 4) is 17.6 Å². The SMILES string of the molecule is CCCOc1ccc(CN(CCC)C(=O)C2(C#N)CCCC2)cc1OC. The molecule has 0 aliphatic heterocycles. The van der Waals surface area contributed by atoms with E-state index in [1.807, 2.05) is 23.1 Å². The van der Waals surface area contributed by atoms with Crippen LogP contribution in [-0.4, -0.2) is 31.1 Å². The summed E-state index contributed by atoms with van der Waals surface area (Å²) >= 11 is 0. The first-order valence-electron chi connectivity index (χ1n) is 9.60. The minimum atomic E-state index is -0.830. The average Bonchev–Trinajstić information content (AvgIpc) is 3.16. The predicted octanol–water partition coefficient (Wildman–Crippen LogP) is 4.31. The maximum atomic E-state index is 13.1. The molecule has 1 aromatic carbocycles. The molecule has 0 radical (unpaired) electrons. The Bertz CT molecular complexity index is 645. The van der Waals surface area contributed by atoms with Crippen molar-refractivity contribution in [1.29, 1.82) is 5.26 Å². The van der Waals surface area contributed by atoms with Gasteiger partial charge in [0.1, 0.15) is 5.41 Å².